The fraction of sp³-hybridized carbons (Fsp3) is 0.600. The van der Waals surface area contributed by atoms with E-state index in [2.05, 4.69) is 10.0 Å². The summed E-state index contributed by atoms with van der Waals surface area (Å²) in [6.45, 7) is 5.29. The van der Waals surface area contributed by atoms with E-state index in [0.29, 0.717) is 19.8 Å². The van der Waals surface area contributed by atoms with Gasteiger partial charge in [-0.25, -0.2) is 0 Å². The fourth-order valence-corrected chi connectivity index (χ4v) is 2.48. The second-order valence-corrected chi connectivity index (χ2v) is 4.99. The molecule has 0 aliphatic carbocycles. The van der Waals surface area contributed by atoms with Crippen LogP contribution in [-0.4, -0.2) is 37.6 Å². The topological polar surface area (TPSA) is 76.5 Å². The third kappa shape index (κ3) is 4.19. The zero-order valence-corrected chi connectivity index (χ0v) is 12.4. The van der Waals surface area contributed by atoms with Gasteiger partial charge in [0.1, 0.15) is 6.10 Å². The largest absolute Gasteiger partial charge is 0.375 e. The predicted molar refractivity (Wildman–Crippen MR) is 78.8 cm³/mol. The molecule has 1 aromatic carbocycles. The van der Waals surface area contributed by atoms with Crippen LogP contribution in [0, 0.1) is 0 Å². The van der Waals surface area contributed by atoms with Crippen molar-refractivity contribution < 1.29 is 14.2 Å². The van der Waals surface area contributed by atoms with E-state index in [1.54, 1.807) is 0 Å². The van der Waals surface area contributed by atoms with Crippen molar-refractivity contribution in [2.24, 2.45) is 5.11 Å². The van der Waals surface area contributed by atoms with Crippen molar-refractivity contribution in [2.45, 2.75) is 44.8 Å². The second kappa shape index (κ2) is 8.00. The van der Waals surface area contributed by atoms with Crippen LogP contribution in [0.4, 0.5) is 0 Å². The number of nitrogens with zero attached hydrogens (tertiary/aromatic N) is 3. The predicted octanol–water partition coefficient (Wildman–Crippen LogP) is 3.07. The highest BCUT2D eigenvalue weighted by Gasteiger charge is 2.39. The van der Waals surface area contributed by atoms with Gasteiger partial charge < -0.3 is 14.2 Å². The van der Waals surface area contributed by atoms with Crippen molar-refractivity contribution in [3.63, 3.8) is 0 Å². The fourth-order valence-electron chi connectivity index (χ4n) is 2.48. The lowest BCUT2D eigenvalue weighted by atomic mass is 9.98. The molecule has 114 valence electrons. The Bertz CT molecular complexity index is 476. The van der Waals surface area contributed by atoms with Crippen LogP contribution in [0.3, 0.4) is 0 Å². The maximum atomic E-state index is 8.76. The van der Waals surface area contributed by atoms with Gasteiger partial charge in [0, 0.05) is 11.5 Å². The van der Waals surface area contributed by atoms with Crippen LogP contribution in [0.2, 0.25) is 0 Å². The molecular weight excluding hydrogens is 270 g/mol. The molecule has 21 heavy (non-hydrogen) atoms. The molecule has 6 heteroatoms. The maximum absolute atomic E-state index is 8.76. The highest BCUT2D eigenvalue weighted by molar-refractivity contribution is 5.13. The maximum Gasteiger partial charge on any atom is 0.107 e. The van der Waals surface area contributed by atoms with Crippen molar-refractivity contribution in [3.8, 4) is 0 Å². The molecule has 0 N–H and O–H groups in total. The third-order valence-corrected chi connectivity index (χ3v) is 3.56. The summed E-state index contributed by atoms with van der Waals surface area (Å²) in [5, 5.41) is 3.84. The van der Waals surface area contributed by atoms with Gasteiger partial charge in [-0.2, -0.15) is 0 Å². The molecule has 1 aliphatic heterocycles. The molecule has 0 radical (unpaired) electrons. The lowest BCUT2D eigenvalue weighted by Crippen LogP contribution is -2.53. The summed E-state index contributed by atoms with van der Waals surface area (Å²) in [7, 11) is 0. The molecule has 1 aliphatic rings. The van der Waals surface area contributed by atoms with Gasteiger partial charge in [-0.3, -0.25) is 0 Å². The molecule has 0 bridgehead atoms. The summed E-state index contributed by atoms with van der Waals surface area (Å²) in [4.78, 5) is 2.92. The minimum Gasteiger partial charge on any atom is -0.375 e. The molecule has 1 aromatic rings. The SMILES string of the molecule is CCO[C@@H]1CO[C@H](C)[C@@H](N=[N+]=[N-])[C@@H]1OCc1ccccc1. The first-order valence-electron chi connectivity index (χ1n) is 7.19. The average Bonchev–Trinajstić information content (AvgIpc) is 2.51. The zero-order chi connectivity index (χ0) is 15.1. The number of benzene rings is 1. The summed E-state index contributed by atoms with van der Waals surface area (Å²) in [6.07, 6.45) is -0.700. The van der Waals surface area contributed by atoms with Crippen LogP contribution >= 0.6 is 0 Å². The molecule has 0 amide bonds. The summed E-state index contributed by atoms with van der Waals surface area (Å²) < 4.78 is 17.3. The van der Waals surface area contributed by atoms with Crippen LogP contribution in [0.15, 0.2) is 35.4 Å². The first-order valence-corrected chi connectivity index (χ1v) is 7.19. The summed E-state index contributed by atoms with van der Waals surface area (Å²) >= 11 is 0. The molecule has 1 saturated heterocycles. The minimum absolute atomic E-state index is 0.182. The quantitative estimate of drug-likeness (QED) is 0.459. The number of rotatable bonds is 6. The number of azide groups is 1. The van der Waals surface area contributed by atoms with E-state index in [4.69, 9.17) is 19.7 Å². The Labute approximate surface area is 124 Å². The van der Waals surface area contributed by atoms with Crippen LogP contribution in [0.1, 0.15) is 19.4 Å². The lowest BCUT2D eigenvalue weighted by molar-refractivity contribution is -0.171. The average molecular weight is 291 g/mol. The highest BCUT2D eigenvalue weighted by atomic mass is 16.6. The Balaban J connectivity index is 2.09. The van der Waals surface area contributed by atoms with Gasteiger partial charge in [0.25, 0.3) is 0 Å². The second-order valence-electron chi connectivity index (χ2n) is 4.99. The van der Waals surface area contributed by atoms with Crippen LogP contribution in [0.25, 0.3) is 10.4 Å². The molecule has 1 fully saturated rings. The standard InChI is InChI=1S/C15H21N3O3/c1-3-19-13-10-20-11(2)14(17-18-16)15(13)21-9-12-7-5-4-6-8-12/h4-8,11,13-15H,3,9-10H2,1-2H3/t11-,13-,14-,15-/m1/s1. The van der Waals surface area contributed by atoms with E-state index in [0.717, 1.165) is 5.56 Å². The van der Waals surface area contributed by atoms with Gasteiger partial charge in [0.2, 0.25) is 0 Å². The van der Waals surface area contributed by atoms with E-state index in [1.165, 1.54) is 0 Å². The molecule has 0 unspecified atom stereocenters. The lowest BCUT2D eigenvalue weighted by Gasteiger charge is -2.39. The van der Waals surface area contributed by atoms with Gasteiger partial charge >= 0.3 is 0 Å². The smallest absolute Gasteiger partial charge is 0.107 e. The number of hydrogen-bond acceptors (Lipinski definition) is 4. The van der Waals surface area contributed by atoms with Gasteiger partial charge in [-0.15, -0.1) is 0 Å². The van der Waals surface area contributed by atoms with Crippen molar-refractivity contribution in [3.05, 3.63) is 46.3 Å². The van der Waals surface area contributed by atoms with Gasteiger partial charge in [0.15, 0.2) is 0 Å². The summed E-state index contributed by atoms with van der Waals surface area (Å²) in [6, 6.07) is 9.52. The molecular formula is C15H21N3O3. The molecule has 4 atom stereocenters. The van der Waals surface area contributed by atoms with E-state index in [9.17, 15) is 0 Å². The number of ether oxygens (including phenoxy) is 3. The van der Waals surface area contributed by atoms with E-state index in [-0.39, 0.29) is 24.4 Å². The van der Waals surface area contributed by atoms with Crippen molar-refractivity contribution in [1.82, 2.24) is 0 Å². The molecule has 2 rings (SSSR count). The normalized spacial score (nSPS) is 28.9. The third-order valence-electron chi connectivity index (χ3n) is 3.56. The summed E-state index contributed by atoms with van der Waals surface area (Å²) in [5.74, 6) is 0. The van der Waals surface area contributed by atoms with Crippen molar-refractivity contribution >= 4 is 0 Å². The molecule has 6 nitrogen and oxygen atoms in total. The monoisotopic (exact) mass is 291 g/mol. The Hall–Kier alpha value is -1.59. The Kier molecular flexibility index (Phi) is 6.02. The van der Waals surface area contributed by atoms with Crippen LogP contribution in [0.5, 0.6) is 0 Å². The van der Waals surface area contributed by atoms with Gasteiger partial charge in [-0.05, 0) is 24.9 Å². The number of hydrogen-bond donors (Lipinski definition) is 0. The van der Waals surface area contributed by atoms with Crippen molar-refractivity contribution in [2.75, 3.05) is 13.2 Å². The van der Waals surface area contributed by atoms with Crippen LogP contribution in [-0.2, 0) is 20.8 Å². The van der Waals surface area contributed by atoms with E-state index in [1.807, 2.05) is 44.2 Å². The first-order chi connectivity index (χ1) is 10.3. The molecule has 1 heterocycles. The Morgan fingerprint density at radius 3 is 2.76 bits per heavy atom. The molecule has 0 saturated carbocycles. The van der Waals surface area contributed by atoms with Crippen molar-refractivity contribution in [1.29, 1.82) is 0 Å². The Morgan fingerprint density at radius 1 is 1.33 bits per heavy atom. The van der Waals surface area contributed by atoms with E-state index >= 15 is 0 Å². The highest BCUT2D eigenvalue weighted by Crippen LogP contribution is 2.24. The molecule has 0 aromatic heterocycles. The molecule has 0 spiro atoms. The Morgan fingerprint density at radius 2 is 2.10 bits per heavy atom. The summed E-state index contributed by atoms with van der Waals surface area (Å²) in [5.41, 5.74) is 9.84. The minimum atomic E-state index is -0.385. The van der Waals surface area contributed by atoms with Crippen LogP contribution < -0.4 is 0 Å². The zero-order valence-electron chi connectivity index (χ0n) is 12.4. The van der Waals surface area contributed by atoms with E-state index < -0.39 is 0 Å². The van der Waals surface area contributed by atoms with Gasteiger partial charge in [-0.1, -0.05) is 35.4 Å². The van der Waals surface area contributed by atoms with Gasteiger partial charge in [0.05, 0.1) is 31.5 Å². The first kappa shape index (κ1) is 15.8.